The van der Waals surface area contributed by atoms with Crippen molar-refractivity contribution in [2.75, 3.05) is 0 Å². The van der Waals surface area contributed by atoms with Crippen molar-refractivity contribution in [1.82, 2.24) is 10.2 Å². The van der Waals surface area contributed by atoms with Crippen molar-refractivity contribution in [1.29, 1.82) is 0 Å². The number of H-pyrrole nitrogens is 1. The lowest BCUT2D eigenvalue weighted by atomic mass is 10.1. The van der Waals surface area contributed by atoms with E-state index >= 15 is 0 Å². The summed E-state index contributed by atoms with van der Waals surface area (Å²) in [4.78, 5) is 0. The van der Waals surface area contributed by atoms with Gasteiger partial charge >= 0.3 is 6.18 Å². The van der Waals surface area contributed by atoms with Gasteiger partial charge in [-0.3, -0.25) is 5.10 Å². The second kappa shape index (κ2) is 2.17. The lowest BCUT2D eigenvalue weighted by molar-refractivity contribution is -0.141. The molecular formula is C8H5F5N2. The van der Waals surface area contributed by atoms with Gasteiger partial charge in [0.2, 0.25) is 0 Å². The van der Waals surface area contributed by atoms with E-state index in [9.17, 15) is 22.0 Å². The molecule has 0 spiro atoms. The Morgan fingerprint density at radius 2 is 2.00 bits per heavy atom. The normalized spacial score (nSPS) is 31.3. The van der Waals surface area contributed by atoms with Gasteiger partial charge in [0.05, 0.1) is 0 Å². The number of hydrogen-bond acceptors (Lipinski definition) is 1. The molecule has 0 bridgehead atoms. The molecule has 2 aliphatic carbocycles. The highest BCUT2D eigenvalue weighted by molar-refractivity contribution is 5.45. The first kappa shape index (κ1) is 9.11. The predicted molar refractivity (Wildman–Crippen MR) is 38.3 cm³/mol. The van der Waals surface area contributed by atoms with Crippen LogP contribution in [0.5, 0.6) is 0 Å². The van der Waals surface area contributed by atoms with Gasteiger partial charge in [0.15, 0.2) is 5.69 Å². The lowest BCUT2D eigenvalue weighted by Crippen LogP contribution is -2.14. The van der Waals surface area contributed by atoms with E-state index in [0.29, 0.717) is 0 Å². The average molecular weight is 224 g/mol. The summed E-state index contributed by atoms with van der Waals surface area (Å²) in [6.45, 7) is 0. The minimum Gasteiger partial charge on any atom is -0.276 e. The van der Waals surface area contributed by atoms with E-state index in [-0.39, 0.29) is 12.0 Å². The van der Waals surface area contributed by atoms with E-state index in [4.69, 9.17) is 0 Å². The smallest absolute Gasteiger partial charge is 0.276 e. The maximum absolute atomic E-state index is 13.3. The fourth-order valence-electron chi connectivity index (χ4n) is 2.28. The zero-order valence-electron chi connectivity index (χ0n) is 7.20. The summed E-state index contributed by atoms with van der Waals surface area (Å²) in [6.07, 6.45) is -4.53. The van der Waals surface area contributed by atoms with Crippen molar-refractivity contribution in [3.63, 3.8) is 0 Å². The van der Waals surface area contributed by atoms with Crippen molar-refractivity contribution in [3.8, 4) is 0 Å². The number of nitrogens with one attached hydrogen (secondary N) is 1. The number of nitrogens with zero attached hydrogens (tertiary/aromatic N) is 1. The molecule has 15 heavy (non-hydrogen) atoms. The summed E-state index contributed by atoms with van der Waals surface area (Å²) in [7, 11) is 0. The first-order valence-corrected chi connectivity index (χ1v) is 4.37. The van der Waals surface area contributed by atoms with Crippen LogP contribution in [-0.4, -0.2) is 10.2 Å². The summed E-state index contributed by atoms with van der Waals surface area (Å²) in [5.74, 6) is -4.79. The molecule has 1 aromatic heterocycles. The van der Waals surface area contributed by atoms with Crippen LogP contribution >= 0.6 is 0 Å². The highest BCUT2D eigenvalue weighted by Crippen LogP contribution is 2.67. The molecule has 1 saturated carbocycles. The Morgan fingerprint density at radius 3 is 2.60 bits per heavy atom. The van der Waals surface area contributed by atoms with E-state index in [2.05, 4.69) is 5.10 Å². The minimum absolute atomic E-state index is 0.128. The molecule has 2 nitrogen and oxygen atoms in total. The number of halogens is 5. The quantitative estimate of drug-likeness (QED) is 0.674. The molecule has 1 aromatic rings. The van der Waals surface area contributed by atoms with Crippen molar-refractivity contribution in [3.05, 3.63) is 17.0 Å². The third kappa shape index (κ3) is 0.955. The molecule has 0 radical (unpaired) electrons. The van der Waals surface area contributed by atoms with Gasteiger partial charge in [-0.25, -0.2) is 0 Å². The van der Waals surface area contributed by atoms with Gasteiger partial charge in [0.25, 0.3) is 5.92 Å². The molecule has 82 valence electrons. The monoisotopic (exact) mass is 224 g/mol. The third-order valence-electron chi connectivity index (χ3n) is 3.03. The van der Waals surface area contributed by atoms with Crippen LogP contribution in [0.15, 0.2) is 0 Å². The SMILES string of the molecule is FC(F)(F)c1n[nH]c2c1[C@@H]1C[C@@H]1C2(F)F. The number of hydrogen-bond donors (Lipinski definition) is 1. The fraction of sp³-hybridized carbons (Fsp3) is 0.625. The lowest BCUT2D eigenvalue weighted by Gasteiger charge is -2.09. The number of aromatic nitrogens is 2. The largest absolute Gasteiger partial charge is 0.435 e. The Kier molecular flexibility index (Phi) is 1.32. The van der Waals surface area contributed by atoms with Crippen LogP contribution in [0, 0.1) is 5.92 Å². The topological polar surface area (TPSA) is 28.7 Å². The standard InChI is InChI=1S/C8H5F5N2/c9-7(10)3-1-2(3)4-5(7)14-15-6(4)8(11,12)13/h2-3H,1H2,(H,14,15)/t2-,3+/m1/s1. The van der Waals surface area contributed by atoms with E-state index in [0.717, 1.165) is 0 Å². The Balaban J connectivity index is 2.18. The van der Waals surface area contributed by atoms with Gasteiger partial charge in [-0.05, 0) is 12.3 Å². The van der Waals surface area contributed by atoms with Crippen LogP contribution in [0.4, 0.5) is 22.0 Å². The van der Waals surface area contributed by atoms with Gasteiger partial charge in [0, 0.05) is 11.5 Å². The van der Waals surface area contributed by atoms with E-state index in [1.807, 2.05) is 5.10 Å². The van der Waals surface area contributed by atoms with Crippen LogP contribution in [0.25, 0.3) is 0 Å². The highest BCUT2D eigenvalue weighted by Gasteiger charge is 2.67. The Labute approximate surface area is 80.5 Å². The Bertz CT molecular complexity index is 433. The van der Waals surface area contributed by atoms with Crippen LogP contribution in [0.2, 0.25) is 0 Å². The van der Waals surface area contributed by atoms with E-state index in [1.165, 1.54) is 0 Å². The summed E-state index contributed by atoms with van der Waals surface area (Å²) >= 11 is 0. The van der Waals surface area contributed by atoms with E-state index < -0.39 is 35.3 Å². The van der Waals surface area contributed by atoms with Crippen LogP contribution < -0.4 is 0 Å². The van der Waals surface area contributed by atoms with Gasteiger partial charge in [-0.1, -0.05) is 0 Å². The van der Waals surface area contributed by atoms with Crippen molar-refractivity contribution < 1.29 is 22.0 Å². The molecule has 1 heterocycles. The van der Waals surface area contributed by atoms with Gasteiger partial charge in [0.1, 0.15) is 5.69 Å². The second-order valence-electron chi connectivity index (χ2n) is 3.93. The Hall–Kier alpha value is -1.14. The van der Waals surface area contributed by atoms with Gasteiger partial charge in [-0.15, -0.1) is 0 Å². The third-order valence-corrected chi connectivity index (χ3v) is 3.03. The molecule has 0 aliphatic heterocycles. The molecule has 0 unspecified atom stereocenters. The minimum atomic E-state index is -4.66. The van der Waals surface area contributed by atoms with Crippen molar-refractivity contribution in [2.24, 2.45) is 5.92 Å². The molecule has 2 atom stereocenters. The maximum Gasteiger partial charge on any atom is 0.435 e. The number of rotatable bonds is 0. The molecule has 3 rings (SSSR count). The predicted octanol–water partition coefficient (Wildman–Crippen LogP) is 2.64. The zero-order valence-corrected chi connectivity index (χ0v) is 7.20. The maximum atomic E-state index is 13.3. The molecule has 2 aliphatic rings. The van der Waals surface area contributed by atoms with Crippen LogP contribution in [0.3, 0.4) is 0 Å². The number of alkyl halides is 5. The van der Waals surface area contributed by atoms with E-state index in [1.54, 1.807) is 0 Å². The second-order valence-corrected chi connectivity index (χ2v) is 3.93. The first-order chi connectivity index (χ1) is 6.83. The number of fused-ring (bicyclic) bond motifs is 3. The molecular weight excluding hydrogens is 219 g/mol. The molecule has 7 heteroatoms. The summed E-state index contributed by atoms with van der Waals surface area (Å²) in [6, 6.07) is 0. The molecule has 1 fully saturated rings. The molecule has 0 saturated heterocycles. The van der Waals surface area contributed by atoms with Crippen LogP contribution in [0.1, 0.15) is 29.3 Å². The van der Waals surface area contributed by atoms with Crippen molar-refractivity contribution in [2.45, 2.75) is 24.4 Å². The summed E-state index contributed by atoms with van der Waals surface area (Å²) in [5.41, 5.74) is -2.14. The Morgan fingerprint density at radius 1 is 1.33 bits per heavy atom. The molecule has 1 N–H and O–H groups in total. The van der Waals surface area contributed by atoms with Crippen molar-refractivity contribution >= 4 is 0 Å². The van der Waals surface area contributed by atoms with Gasteiger partial charge in [-0.2, -0.15) is 27.1 Å². The fourth-order valence-corrected chi connectivity index (χ4v) is 2.28. The summed E-state index contributed by atoms with van der Waals surface area (Å²) < 4.78 is 63.8. The molecule has 0 aromatic carbocycles. The number of aromatic amines is 1. The summed E-state index contributed by atoms with van der Waals surface area (Å²) in [5, 5.41) is 4.78. The highest BCUT2D eigenvalue weighted by atomic mass is 19.4. The molecule has 0 amide bonds. The first-order valence-electron chi connectivity index (χ1n) is 4.37. The zero-order chi connectivity index (χ0) is 11.0. The van der Waals surface area contributed by atoms with Crippen LogP contribution in [-0.2, 0) is 12.1 Å². The van der Waals surface area contributed by atoms with Gasteiger partial charge < -0.3 is 0 Å². The average Bonchev–Trinajstić information content (AvgIpc) is 2.68.